The van der Waals surface area contributed by atoms with Crippen LogP contribution in [0.4, 0.5) is 0 Å². The highest BCUT2D eigenvalue weighted by Gasteiger charge is 2.02. The summed E-state index contributed by atoms with van der Waals surface area (Å²) in [5, 5.41) is 0. The van der Waals surface area contributed by atoms with E-state index in [1.54, 1.807) is 0 Å². The van der Waals surface area contributed by atoms with Crippen molar-refractivity contribution in [2.75, 3.05) is 0 Å². The second kappa shape index (κ2) is 4.28. The molecule has 0 amide bonds. The van der Waals surface area contributed by atoms with Crippen molar-refractivity contribution in [2.24, 2.45) is 0 Å². The molecule has 2 aliphatic carbocycles. The first-order valence-corrected chi connectivity index (χ1v) is 5.28. The average molecular weight is 184 g/mol. The zero-order chi connectivity index (χ0) is 9.80. The van der Waals surface area contributed by atoms with E-state index in [4.69, 9.17) is 0 Å². The van der Waals surface area contributed by atoms with Crippen molar-refractivity contribution in [3.05, 3.63) is 59.3 Å². The third kappa shape index (κ3) is 2.14. The molecule has 0 fully saturated rings. The van der Waals surface area contributed by atoms with Crippen molar-refractivity contribution < 1.29 is 0 Å². The molecule has 0 N–H and O–H groups in total. The molecule has 0 nitrogen and oxygen atoms in total. The zero-order valence-corrected chi connectivity index (χ0v) is 8.66. The van der Waals surface area contributed by atoms with E-state index in [0.717, 1.165) is 6.42 Å². The lowest BCUT2D eigenvalue weighted by molar-refractivity contribution is 1.02. The Morgan fingerprint density at radius 2 is 1.71 bits per heavy atom. The quantitative estimate of drug-likeness (QED) is 0.575. The van der Waals surface area contributed by atoms with Gasteiger partial charge in [0.15, 0.2) is 0 Å². The van der Waals surface area contributed by atoms with Gasteiger partial charge in [0.2, 0.25) is 0 Å². The fourth-order valence-corrected chi connectivity index (χ4v) is 1.77. The third-order valence-electron chi connectivity index (χ3n) is 2.63. The number of hydrogen-bond donors (Lipinski definition) is 0. The molecule has 0 aromatic carbocycles. The molecule has 0 heteroatoms. The highest BCUT2D eigenvalue weighted by molar-refractivity contribution is 5.49. The maximum atomic E-state index is 2.33. The van der Waals surface area contributed by atoms with Gasteiger partial charge >= 0.3 is 0 Å². The predicted molar refractivity (Wildman–Crippen MR) is 62.1 cm³/mol. The molecule has 2 rings (SSSR count). The summed E-state index contributed by atoms with van der Waals surface area (Å²) in [6, 6.07) is 0. The topological polar surface area (TPSA) is 0 Å². The molecule has 0 radical (unpaired) electrons. The lowest BCUT2D eigenvalue weighted by atomic mass is 9.99. The van der Waals surface area contributed by atoms with Gasteiger partial charge in [-0.05, 0) is 37.3 Å². The zero-order valence-electron chi connectivity index (χ0n) is 8.66. The molecule has 0 spiro atoms. The van der Waals surface area contributed by atoms with E-state index >= 15 is 0 Å². The van der Waals surface area contributed by atoms with Crippen molar-refractivity contribution in [3.63, 3.8) is 0 Å². The largest absolute Gasteiger partial charge is 0.0836 e. The molecule has 0 aliphatic heterocycles. The van der Waals surface area contributed by atoms with Crippen molar-refractivity contribution in [3.8, 4) is 0 Å². The Labute approximate surface area is 86.0 Å². The van der Waals surface area contributed by atoms with Crippen LogP contribution in [0.25, 0.3) is 0 Å². The Hall–Kier alpha value is -1.30. The summed E-state index contributed by atoms with van der Waals surface area (Å²) in [5.74, 6) is 0. The summed E-state index contributed by atoms with van der Waals surface area (Å²) < 4.78 is 0. The minimum Gasteiger partial charge on any atom is -0.0836 e. The maximum absolute atomic E-state index is 2.33. The van der Waals surface area contributed by atoms with Crippen LogP contribution in [0.3, 0.4) is 0 Å². The molecule has 72 valence electrons. The van der Waals surface area contributed by atoms with Gasteiger partial charge in [-0.2, -0.15) is 0 Å². The molecule has 0 aromatic rings. The van der Waals surface area contributed by atoms with E-state index in [2.05, 4.69) is 49.5 Å². The smallest absolute Gasteiger partial charge is 0.0154 e. The molecule has 0 heterocycles. The van der Waals surface area contributed by atoms with Crippen LogP contribution >= 0.6 is 0 Å². The van der Waals surface area contributed by atoms with Gasteiger partial charge in [0.25, 0.3) is 0 Å². The third-order valence-corrected chi connectivity index (χ3v) is 2.63. The maximum Gasteiger partial charge on any atom is -0.0154 e. The van der Waals surface area contributed by atoms with Crippen molar-refractivity contribution in [1.29, 1.82) is 0 Å². The molecule has 2 aliphatic rings. The molecule has 0 aromatic heterocycles. The van der Waals surface area contributed by atoms with Crippen molar-refractivity contribution >= 4 is 0 Å². The second-order valence-corrected chi connectivity index (χ2v) is 3.82. The Kier molecular flexibility index (Phi) is 2.83. The average Bonchev–Trinajstić information content (AvgIpc) is 2.44. The molecule has 0 bridgehead atoms. The number of hydrogen-bond acceptors (Lipinski definition) is 0. The Balaban J connectivity index is 2.20. The summed E-state index contributed by atoms with van der Waals surface area (Å²) in [6.07, 6.45) is 19.2. The van der Waals surface area contributed by atoms with E-state index in [0.29, 0.717) is 0 Å². The van der Waals surface area contributed by atoms with Gasteiger partial charge in [-0.15, -0.1) is 0 Å². The van der Waals surface area contributed by atoms with Gasteiger partial charge in [-0.25, -0.2) is 0 Å². The van der Waals surface area contributed by atoms with Gasteiger partial charge in [0, 0.05) is 0 Å². The van der Waals surface area contributed by atoms with Gasteiger partial charge in [0.1, 0.15) is 0 Å². The summed E-state index contributed by atoms with van der Waals surface area (Å²) in [5.41, 5.74) is 4.11. The first kappa shape index (κ1) is 9.26. The van der Waals surface area contributed by atoms with E-state index in [9.17, 15) is 0 Å². The summed E-state index contributed by atoms with van der Waals surface area (Å²) in [4.78, 5) is 0. The van der Waals surface area contributed by atoms with Gasteiger partial charge in [-0.1, -0.05) is 48.1 Å². The molecule has 0 atom stereocenters. The van der Waals surface area contributed by atoms with Crippen LogP contribution in [0.1, 0.15) is 26.2 Å². The Morgan fingerprint density at radius 3 is 2.50 bits per heavy atom. The molecule has 0 saturated carbocycles. The van der Waals surface area contributed by atoms with E-state index < -0.39 is 0 Å². The Bertz CT molecular complexity index is 359. The van der Waals surface area contributed by atoms with Crippen LogP contribution in [-0.2, 0) is 0 Å². The van der Waals surface area contributed by atoms with Crippen molar-refractivity contribution in [1.82, 2.24) is 0 Å². The van der Waals surface area contributed by atoms with Gasteiger partial charge < -0.3 is 0 Å². The fourth-order valence-electron chi connectivity index (χ4n) is 1.77. The van der Waals surface area contributed by atoms with Crippen LogP contribution in [-0.4, -0.2) is 0 Å². The summed E-state index contributed by atoms with van der Waals surface area (Å²) >= 11 is 0. The highest BCUT2D eigenvalue weighted by atomic mass is 14.1. The lowest BCUT2D eigenvalue weighted by Crippen LogP contribution is -1.87. The first-order valence-electron chi connectivity index (χ1n) is 5.28. The van der Waals surface area contributed by atoms with Crippen LogP contribution in [0.15, 0.2) is 59.3 Å². The molecule has 0 unspecified atom stereocenters. The van der Waals surface area contributed by atoms with E-state index in [1.165, 1.54) is 29.6 Å². The van der Waals surface area contributed by atoms with Crippen LogP contribution in [0, 0.1) is 0 Å². The van der Waals surface area contributed by atoms with Crippen LogP contribution in [0.2, 0.25) is 0 Å². The lowest BCUT2D eigenvalue weighted by Gasteiger charge is -2.07. The molecule has 0 saturated heterocycles. The van der Waals surface area contributed by atoms with E-state index in [-0.39, 0.29) is 0 Å². The fraction of sp³-hybridized carbons (Fsp3) is 0.286. The normalized spacial score (nSPS) is 21.1. The molecular formula is C14H16. The van der Waals surface area contributed by atoms with E-state index in [1.807, 2.05) is 0 Å². The standard InChI is InChI=1S/C14H16/c1-12-6-5-9-14(11-10-12)13-7-3-2-4-8-13/h3,6-11H,2,4-5H2,1H3. The predicted octanol–water partition coefficient (Wildman–Crippen LogP) is 4.10. The SMILES string of the molecule is CC1=CCC=C(C2=CCCC=C2)C=C1. The van der Waals surface area contributed by atoms with Crippen LogP contribution in [0.5, 0.6) is 0 Å². The minimum atomic E-state index is 1.05. The monoisotopic (exact) mass is 184 g/mol. The number of rotatable bonds is 1. The number of allylic oxidation sites excluding steroid dienone is 10. The summed E-state index contributed by atoms with van der Waals surface area (Å²) in [7, 11) is 0. The second-order valence-electron chi connectivity index (χ2n) is 3.82. The highest BCUT2D eigenvalue weighted by Crippen LogP contribution is 2.22. The molecular weight excluding hydrogens is 168 g/mol. The minimum absolute atomic E-state index is 1.05. The van der Waals surface area contributed by atoms with Crippen molar-refractivity contribution in [2.45, 2.75) is 26.2 Å². The summed E-state index contributed by atoms with van der Waals surface area (Å²) in [6.45, 7) is 2.15. The van der Waals surface area contributed by atoms with Gasteiger partial charge in [-0.3, -0.25) is 0 Å². The van der Waals surface area contributed by atoms with Crippen LogP contribution < -0.4 is 0 Å². The first-order chi connectivity index (χ1) is 6.86. The van der Waals surface area contributed by atoms with Gasteiger partial charge in [0.05, 0.1) is 0 Å². The molecule has 14 heavy (non-hydrogen) atoms. The Morgan fingerprint density at radius 1 is 0.857 bits per heavy atom.